The number of nitrogens with two attached hydrogens (primary N) is 1. The highest BCUT2D eigenvalue weighted by Gasteiger charge is 2.32. The molecule has 1 unspecified atom stereocenters. The quantitative estimate of drug-likeness (QED) is 0.828. The van der Waals surface area contributed by atoms with Gasteiger partial charge in [-0.05, 0) is 38.1 Å². The van der Waals surface area contributed by atoms with Crippen LogP contribution in [0.15, 0.2) is 30.5 Å². The molecule has 1 fully saturated rings. The van der Waals surface area contributed by atoms with Crippen LogP contribution in [0.1, 0.15) is 13.8 Å². The molecular formula is C14H18N2O2. The van der Waals surface area contributed by atoms with Gasteiger partial charge in [0.15, 0.2) is 5.79 Å². The number of nitrogens with zero attached hydrogens (tertiary/aromatic N) is 1. The average Bonchev–Trinajstić information content (AvgIpc) is 2.83. The molecule has 0 amide bonds. The number of nitrogen functional groups attached to an aromatic ring is 1. The van der Waals surface area contributed by atoms with E-state index >= 15 is 0 Å². The summed E-state index contributed by atoms with van der Waals surface area (Å²) in [6, 6.07) is 8.04. The average molecular weight is 246 g/mol. The Morgan fingerprint density at radius 2 is 2.22 bits per heavy atom. The Hall–Kier alpha value is -1.52. The van der Waals surface area contributed by atoms with Crippen molar-refractivity contribution in [1.82, 2.24) is 4.57 Å². The smallest absolute Gasteiger partial charge is 0.163 e. The lowest BCUT2D eigenvalue weighted by Gasteiger charge is -2.17. The van der Waals surface area contributed by atoms with E-state index in [-0.39, 0.29) is 6.10 Å². The van der Waals surface area contributed by atoms with E-state index in [1.165, 1.54) is 5.52 Å². The number of fused-ring (bicyclic) bond motifs is 1. The zero-order valence-corrected chi connectivity index (χ0v) is 10.7. The number of hydrogen-bond acceptors (Lipinski definition) is 3. The van der Waals surface area contributed by atoms with E-state index in [2.05, 4.69) is 16.8 Å². The minimum atomic E-state index is -0.460. The van der Waals surface area contributed by atoms with Crippen LogP contribution in [0.25, 0.3) is 10.9 Å². The molecule has 2 heterocycles. The largest absolute Gasteiger partial charge is 0.399 e. The summed E-state index contributed by atoms with van der Waals surface area (Å²) in [4.78, 5) is 0. The third-order valence-corrected chi connectivity index (χ3v) is 3.26. The van der Waals surface area contributed by atoms with Gasteiger partial charge in [0.25, 0.3) is 0 Å². The number of rotatable bonds is 2. The summed E-state index contributed by atoms with van der Waals surface area (Å²) in [7, 11) is 0. The lowest BCUT2D eigenvalue weighted by molar-refractivity contribution is -0.139. The summed E-state index contributed by atoms with van der Waals surface area (Å²) < 4.78 is 13.6. The van der Waals surface area contributed by atoms with Crippen molar-refractivity contribution in [2.75, 3.05) is 12.3 Å². The molecule has 3 rings (SSSR count). The summed E-state index contributed by atoms with van der Waals surface area (Å²) >= 11 is 0. The van der Waals surface area contributed by atoms with Crippen molar-refractivity contribution in [3.63, 3.8) is 0 Å². The van der Waals surface area contributed by atoms with Crippen LogP contribution in [0, 0.1) is 0 Å². The maximum absolute atomic E-state index is 5.83. The maximum Gasteiger partial charge on any atom is 0.163 e. The van der Waals surface area contributed by atoms with Gasteiger partial charge in [-0.3, -0.25) is 0 Å². The van der Waals surface area contributed by atoms with Gasteiger partial charge in [-0.1, -0.05) is 0 Å². The highest BCUT2D eigenvalue weighted by Crippen LogP contribution is 2.25. The van der Waals surface area contributed by atoms with Crippen molar-refractivity contribution >= 4 is 16.6 Å². The van der Waals surface area contributed by atoms with E-state index in [1.54, 1.807) is 0 Å². The summed E-state index contributed by atoms with van der Waals surface area (Å²) in [6.45, 7) is 5.33. The Bertz CT molecular complexity index is 574. The van der Waals surface area contributed by atoms with Crippen molar-refractivity contribution in [2.24, 2.45) is 0 Å². The molecular weight excluding hydrogens is 228 g/mol. The van der Waals surface area contributed by atoms with Crippen LogP contribution >= 0.6 is 0 Å². The van der Waals surface area contributed by atoms with Crippen LogP contribution in [0.2, 0.25) is 0 Å². The first-order valence-electron chi connectivity index (χ1n) is 6.20. The molecule has 1 aromatic carbocycles. The summed E-state index contributed by atoms with van der Waals surface area (Å²) in [5.74, 6) is -0.460. The number of anilines is 1. The molecule has 4 nitrogen and oxygen atoms in total. The van der Waals surface area contributed by atoms with Gasteiger partial charge in [0, 0.05) is 22.8 Å². The first-order chi connectivity index (χ1) is 8.53. The Morgan fingerprint density at radius 1 is 1.39 bits per heavy atom. The predicted molar refractivity (Wildman–Crippen MR) is 71.3 cm³/mol. The summed E-state index contributed by atoms with van der Waals surface area (Å²) in [6.07, 6.45) is 2.17. The van der Waals surface area contributed by atoms with Gasteiger partial charge >= 0.3 is 0 Å². The molecule has 0 bridgehead atoms. The second-order valence-electron chi connectivity index (χ2n) is 5.24. The topological polar surface area (TPSA) is 49.4 Å². The predicted octanol–water partition coefficient (Wildman–Crippen LogP) is 2.38. The molecule has 1 aromatic heterocycles. The van der Waals surface area contributed by atoms with Crippen LogP contribution in [0.5, 0.6) is 0 Å². The van der Waals surface area contributed by atoms with E-state index in [9.17, 15) is 0 Å². The van der Waals surface area contributed by atoms with Gasteiger partial charge in [0.05, 0.1) is 13.2 Å². The van der Waals surface area contributed by atoms with Crippen molar-refractivity contribution < 1.29 is 9.47 Å². The zero-order valence-electron chi connectivity index (χ0n) is 10.7. The fraction of sp³-hybridized carbons (Fsp3) is 0.429. The number of ether oxygens (including phenoxy) is 2. The monoisotopic (exact) mass is 246 g/mol. The normalized spacial score (nSPS) is 22.7. The third-order valence-electron chi connectivity index (χ3n) is 3.26. The van der Waals surface area contributed by atoms with Crippen molar-refractivity contribution in [1.29, 1.82) is 0 Å². The molecule has 1 atom stereocenters. The van der Waals surface area contributed by atoms with Crippen molar-refractivity contribution in [3.8, 4) is 0 Å². The van der Waals surface area contributed by atoms with Gasteiger partial charge < -0.3 is 19.8 Å². The van der Waals surface area contributed by atoms with Gasteiger partial charge in [0.2, 0.25) is 0 Å². The summed E-state index contributed by atoms with van der Waals surface area (Å²) in [5.41, 5.74) is 7.75. The standard InChI is InChI=1S/C14H18N2O2/c1-14(2)17-9-12(18-14)8-16-6-5-10-7-11(15)3-4-13(10)16/h3-7,12H,8-9,15H2,1-2H3. The third kappa shape index (κ3) is 2.09. The van der Waals surface area contributed by atoms with E-state index in [4.69, 9.17) is 15.2 Å². The minimum Gasteiger partial charge on any atom is -0.399 e. The van der Waals surface area contributed by atoms with Crippen LogP contribution in [-0.2, 0) is 16.0 Å². The molecule has 0 spiro atoms. The molecule has 1 saturated heterocycles. The minimum absolute atomic E-state index is 0.105. The van der Waals surface area contributed by atoms with E-state index in [1.807, 2.05) is 32.0 Å². The Morgan fingerprint density at radius 3 is 2.94 bits per heavy atom. The van der Waals surface area contributed by atoms with Crippen molar-refractivity contribution in [2.45, 2.75) is 32.3 Å². The fourth-order valence-electron chi connectivity index (χ4n) is 2.45. The maximum atomic E-state index is 5.83. The Labute approximate surface area is 106 Å². The van der Waals surface area contributed by atoms with Gasteiger partial charge in [0.1, 0.15) is 6.10 Å². The molecule has 0 radical (unpaired) electrons. The lowest BCUT2D eigenvalue weighted by atomic mass is 10.2. The first-order valence-corrected chi connectivity index (χ1v) is 6.20. The van der Waals surface area contributed by atoms with Gasteiger partial charge in [-0.25, -0.2) is 0 Å². The molecule has 18 heavy (non-hydrogen) atoms. The SMILES string of the molecule is CC1(C)OCC(Cn2ccc3cc(N)ccc32)O1. The van der Waals surface area contributed by atoms with Gasteiger partial charge in [-0.15, -0.1) is 0 Å². The number of hydrogen-bond donors (Lipinski definition) is 1. The second kappa shape index (κ2) is 4.00. The van der Waals surface area contributed by atoms with Crippen LogP contribution in [0.3, 0.4) is 0 Å². The number of aromatic nitrogens is 1. The molecule has 1 aliphatic rings. The van der Waals surface area contributed by atoms with Crippen LogP contribution in [-0.4, -0.2) is 23.1 Å². The molecule has 2 aromatic rings. The molecule has 2 N–H and O–H groups in total. The molecule has 1 aliphatic heterocycles. The van der Waals surface area contributed by atoms with Crippen LogP contribution < -0.4 is 5.73 Å². The van der Waals surface area contributed by atoms with E-state index in [0.717, 1.165) is 17.6 Å². The first kappa shape index (κ1) is 11.6. The van der Waals surface area contributed by atoms with Crippen LogP contribution in [0.4, 0.5) is 5.69 Å². The zero-order chi connectivity index (χ0) is 12.8. The fourth-order valence-corrected chi connectivity index (χ4v) is 2.45. The van der Waals surface area contributed by atoms with E-state index in [0.29, 0.717) is 6.61 Å². The molecule has 0 aliphatic carbocycles. The Kier molecular flexibility index (Phi) is 2.57. The molecule has 0 saturated carbocycles. The second-order valence-corrected chi connectivity index (χ2v) is 5.24. The number of benzene rings is 1. The Balaban J connectivity index is 1.83. The lowest BCUT2D eigenvalue weighted by Crippen LogP contribution is -2.23. The summed E-state index contributed by atoms with van der Waals surface area (Å²) in [5, 5.41) is 1.16. The van der Waals surface area contributed by atoms with Gasteiger partial charge in [-0.2, -0.15) is 0 Å². The van der Waals surface area contributed by atoms with E-state index < -0.39 is 5.79 Å². The highest BCUT2D eigenvalue weighted by molar-refractivity contribution is 5.83. The van der Waals surface area contributed by atoms with Crippen molar-refractivity contribution in [3.05, 3.63) is 30.5 Å². The highest BCUT2D eigenvalue weighted by atomic mass is 16.7. The molecule has 96 valence electrons. The molecule has 4 heteroatoms.